The molecule has 0 N–H and O–H groups in total. The molecular formula is C22H28ClN3O4S. The van der Waals surface area contributed by atoms with Gasteiger partial charge >= 0.3 is 0 Å². The molecule has 2 aromatic rings. The van der Waals surface area contributed by atoms with Gasteiger partial charge < -0.3 is 14.2 Å². The van der Waals surface area contributed by atoms with Crippen molar-refractivity contribution in [3.05, 3.63) is 53.3 Å². The number of morpholine rings is 1. The van der Waals surface area contributed by atoms with Crippen LogP contribution in [0.4, 0.5) is 0 Å². The Balaban J connectivity index is 1.52. The van der Waals surface area contributed by atoms with Crippen molar-refractivity contribution in [2.45, 2.75) is 49.8 Å². The summed E-state index contributed by atoms with van der Waals surface area (Å²) >= 11 is 6.27. The van der Waals surface area contributed by atoms with Gasteiger partial charge in [-0.25, -0.2) is 8.42 Å². The van der Waals surface area contributed by atoms with Crippen molar-refractivity contribution in [2.75, 3.05) is 26.2 Å². The lowest BCUT2D eigenvalue weighted by atomic mass is 10.0. The second-order valence-corrected chi connectivity index (χ2v) is 10.7. The maximum Gasteiger partial charge on any atom is 0.253 e. The molecule has 9 heteroatoms. The Bertz CT molecular complexity index is 1020. The molecule has 2 atom stereocenters. The summed E-state index contributed by atoms with van der Waals surface area (Å²) in [6.45, 7) is 5.46. The van der Waals surface area contributed by atoms with Gasteiger partial charge in [-0.05, 0) is 57.0 Å². The summed E-state index contributed by atoms with van der Waals surface area (Å²) in [6, 6.07) is 8.91. The summed E-state index contributed by atoms with van der Waals surface area (Å²) in [5.74, 6) is -0.164. The summed E-state index contributed by atoms with van der Waals surface area (Å²) in [4.78, 5) is 14.9. The first kappa shape index (κ1) is 22.3. The standard InChI is InChI=1S/C22H28ClN3O4S/c1-16-14-26(15-17(2)30-16)31(28,29)21-13-18(5-6-20(21)23)22(27)25-11-7-19(8-12-25)24-9-3-4-10-24/h3-6,9-10,13,16-17,19H,7-8,11-12,14-15H2,1-2H3. The van der Waals surface area contributed by atoms with Gasteiger partial charge in [0.2, 0.25) is 10.0 Å². The molecule has 1 aromatic carbocycles. The fourth-order valence-electron chi connectivity index (χ4n) is 4.44. The van der Waals surface area contributed by atoms with Gasteiger partial charge in [-0.15, -0.1) is 0 Å². The first-order valence-corrected chi connectivity index (χ1v) is 12.4. The molecular weight excluding hydrogens is 438 g/mol. The number of rotatable bonds is 4. The topological polar surface area (TPSA) is 71.9 Å². The third-order valence-corrected chi connectivity index (χ3v) is 8.30. The van der Waals surface area contributed by atoms with Crippen LogP contribution in [-0.4, -0.2) is 66.5 Å². The Labute approximate surface area is 188 Å². The van der Waals surface area contributed by atoms with Crippen LogP contribution < -0.4 is 0 Å². The van der Waals surface area contributed by atoms with Crippen molar-refractivity contribution >= 4 is 27.5 Å². The van der Waals surface area contributed by atoms with Crippen molar-refractivity contribution in [2.24, 2.45) is 0 Å². The van der Waals surface area contributed by atoms with E-state index >= 15 is 0 Å². The van der Waals surface area contributed by atoms with Crippen molar-refractivity contribution in [1.82, 2.24) is 13.8 Å². The lowest BCUT2D eigenvalue weighted by molar-refractivity contribution is -0.0440. The number of amides is 1. The van der Waals surface area contributed by atoms with Gasteiger partial charge in [-0.3, -0.25) is 4.79 Å². The van der Waals surface area contributed by atoms with E-state index in [4.69, 9.17) is 16.3 Å². The summed E-state index contributed by atoms with van der Waals surface area (Å²) in [6.07, 6.45) is 5.41. The van der Waals surface area contributed by atoms with Crippen molar-refractivity contribution in [3.8, 4) is 0 Å². The van der Waals surface area contributed by atoms with Gasteiger partial charge in [0.05, 0.1) is 17.2 Å². The van der Waals surface area contributed by atoms with Crippen LogP contribution in [0.15, 0.2) is 47.6 Å². The number of halogens is 1. The highest BCUT2D eigenvalue weighted by Crippen LogP contribution is 2.29. The van der Waals surface area contributed by atoms with Gasteiger partial charge in [-0.2, -0.15) is 4.31 Å². The Morgan fingerprint density at radius 1 is 1.06 bits per heavy atom. The van der Waals surface area contributed by atoms with Crippen LogP contribution >= 0.6 is 11.6 Å². The normalized spacial score (nSPS) is 23.8. The minimum Gasteiger partial charge on any atom is -0.373 e. The number of aromatic nitrogens is 1. The Morgan fingerprint density at radius 3 is 2.29 bits per heavy atom. The number of carbonyl (C=O) groups excluding carboxylic acids is 1. The minimum absolute atomic E-state index is 0.0245. The van der Waals surface area contributed by atoms with E-state index in [1.54, 1.807) is 11.0 Å². The summed E-state index contributed by atoms with van der Waals surface area (Å²) in [7, 11) is -3.84. The minimum atomic E-state index is -3.84. The van der Waals surface area contributed by atoms with Gasteiger partial charge in [-0.1, -0.05) is 11.6 Å². The lowest BCUT2D eigenvalue weighted by Crippen LogP contribution is -2.48. The van der Waals surface area contributed by atoms with Crippen LogP contribution in [0, 0.1) is 0 Å². The zero-order valence-corrected chi connectivity index (χ0v) is 19.3. The molecule has 2 aliphatic rings. The van der Waals surface area contributed by atoms with E-state index in [9.17, 15) is 13.2 Å². The van der Waals surface area contributed by atoms with Crippen molar-refractivity contribution in [1.29, 1.82) is 0 Å². The molecule has 0 aliphatic carbocycles. The number of hydrogen-bond donors (Lipinski definition) is 0. The molecule has 2 saturated heterocycles. The van der Waals surface area contributed by atoms with Crippen LogP contribution in [0.3, 0.4) is 0 Å². The molecule has 4 rings (SSSR count). The fourth-order valence-corrected chi connectivity index (χ4v) is 6.53. The summed E-state index contributed by atoms with van der Waals surface area (Å²) in [5, 5.41) is 0.120. The van der Waals surface area contributed by atoms with Gasteiger partial charge in [0.25, 0.3) is 5.91 Å². The van der Waals surface area contributed by atoms with E-state index in [2.05, 4.69) is 4.57 Å². The van der Waals surface area contributed by atoms with E-state index in [1.807, 2.05) is 38.4 Å². The molecule has 2 fully saturated rings. The average Bonchev–Trinajstić information content (AvgIpc) is 3.28. The van der Waals surface area contributed by atoms with Crippen molar-refractivity contribution in [3.63, 3.8) is 0 Å². The maximum absolute atomic E-state index is 13.3. The average molecular weight is 466 g/mol. The number of sulfonamides is 1. The number of hydrogen-bond acceptors (Lipinski definition) is 4. The molecule has 1 aromatic heterocycles. The van der Waals surface area contributed by atoms with Gasteiger partial charge in [0.15, 0.2) is 0 Å². The molecule has 1 amide bonds. The van der Waals surface area contributed by atoms with E-state index in [0.29, 0.717) is 24.7 Å². The predicted octanol–water partition coefficient (Wildman–Crippen LogP) is 3.42. The third kappa shape index (κ3) is 4.67. The Kier molecular flexibility index (Phi) is 6.44. The molecule has 0 saturated carbocycles. The molecule has 2 unspecified atom stereocenters. The number of ether oxygens (including phenoxy) is 1. The number of benzene rings is 1. The third-order valence-electron chi connectivity index (χ3n) is 5.98. The maximum atomic E-state index is 13.3. The number of carbonyl (C=O) groups is 1. The molecule has 168 valence electrons. The van der Waals surface area contributed by atoms with E-state index in [-0.39, 0.29) is 41.1 Å². The van der Waals surface area contributed by atoms with Crippen LogP contribution in [0.25, 0.3) is 0 Å². The number of nitrogens with zero attached hydrogens (tertiary/aromatic N) is 3. The van der Waals surface area contributed by atoms with Crippen LogP contribution in [0.1, 0.15) is 43.1 Å². The number of likely N-dealkylation sites (tertiary alicyclic amines) is 1. The largest absolute Gasteiger partial charge is 0.373 e. The molecule has 3 heterocycles. The first-order chi connectivity index (χ1) is 14.8. The van der Waals surface area contributed by atoms with E-state index in [1.165, 1.54) is 16.4 Å². The van der Waals surface area contributed by atoms with Crippen LogP contribution in [-0.2, 0) is 14.8 Å². The summed E-state index contributed by atoms with van der Waals surface area (Å²) in [5.41, 5.74) is 0.344. The highest BCUT2D eigenvalue weighted by molar-refractivity contribution is 7.89. The highest BCUT2D eigenvalue weighted by Gasteiger charge is 2.34. The molecule has 2 aliphatic heterocycles. The quantitative estimate of drug-likeness (QED) is 0.693. The fraction of sp³-hybridized carbons (Fsp3) is 0.500. The number of piperidine rings is 1. The first-order valence-electron chi connectivity index (χ1n) is 10.6. The zero-order chi connectivity index (χ0) is 22.2. The smallest absolute Gasteiger partial charge is 0.253 e. The monoisotopic (exact) mass is 465 g/mol. The van der Waals surface area contributed by atoms with E-state index in [0.717, 1.165) is 12.8 Å². The predicted molar refractivity (Wildman–Crippen MR) is 119 cm³/mol. The molecule has 0 spiro atoms. The second kappa shape index (κ2) is 8.94. The zero-order valence-electron chi connectivity index (χ0n) is 17.8. The second-order valence-electron chi connectivity index (χ2n) is 8.38. The molecule has 31 heavy (non-hydrogen) atoms. The lowest BCUT2D eigenvalue weighted by Gasteiger charge is -2.35. The Morgan fingerprint density at radius 2 is 1.68 bits per heavy atom. The van der Waals surface area contributed by atoms with Crippen molar-refractivity contribution < 1.29 is 17.9 Å². The SMILES string of the molecule is CC1CN(S(=O)(=O)c2cc(C(=O)N3CCC(n4cccc4)CC3)ccc2Cl)CC(C)O1. The van der Waals surface area contributed by atoms with Crippen LogP contribution in [0.5, 0.6) is 0 Å². The molecule has 7 nitrogen and oxygen atoms in total. The molecule has 0 bridgehead atoms. The van der Waals surface area contributed by atoms with Gasteiger partial charge in [0, 0.05) is 50.2 Å². The highest BCUT2D eigenvalue weighted by atomic mass is 35.5. The summed E-state index contributed by atoms with van der Waals surface area (Å²) < 4.78 is 35.8. The van der Waals surface area contributed by atoms with Gasteiger partial charge in [0.1, 0.15) is 4.90 Å². The molecule has 0 radical (unpaired) electrons. The van der Waals surface area contributed by atoms with Crippen LogP contribution in [0.2, 0.25) is 5.02 Å². The Hall–Kier alpha value is -1.87. The van der Waals surface area contributed by atoms with E-state index < -0.39 is 10.0 Å².